The van der Waals surface area contributed by atoms with Gasteiger partial charge in [-0.2, -0.15) is 5.10 Å². The second kappa shape index (κ2) is 7.15. The molecule has 0 saturated heterocycles. The fraction of sp³-hybridized carbons (Fsp3) is 0.267. The molecule has 0 unspecified atom stereocenters. The van der Waals surface area contributed by atoms with E-state index in [-0.39, 0.29) is 5.91 Å². The van der Waals surface area contributed by atoms with E-state index in [4.69, 9.17) is 11.6 Å². The maximum Gasteiger partial charge on any atom is 0.323 e. The molecule has 7 nitrogen and oxygen atoms in total. The van der Waals surface area contributed by atoms with Crippen molar-refractivity contribution >= 4 is 34.9 Å². The first-order valence-electron chi connectivity index (χ1n) is 7.03. The van der Waals surface area contributed by atoms with Gasteiger partial charge in [0.25, 0.3) is 5.91 Å². The van der Waals surface area contributed by atoms with Gasteiger partial charge in [-0.05, 0) is 31.2 Å². The summed E-state index contributed by atoms with van der Waals surface area (Å²) in [6.07, 6.45) is 1.46. The highest BCUT2D eigenvalue weighted by Crippen LogP contribution is 2.18. The molecule has 1 aromatic carbocycles. The summed E-state index contributed by atoms with van der Waals surface area (Å²) < 4.78 is 1.54. The quantitative estimate of drug-likeness (QED) is 0.901. The van der Waals surface area contributed by atoms with Gasteiger partial charge < -0.3 is 15.5 Å². The lowest BCUT2D eigenvalue weighted by Gasteiger charge is -2.14. The Hall–Kier alpha value is -2.54. The predicted octanol–water partition coefficient (Wildman–Crippen LogP) is 2.90. The fourth-order valence-corrected chi connectivity index (χ4v) is 2.10. The Balaban J connectivity index is 2.16. The van der Waals surface area contributed by atoms with Crippen molar-refractivity contribution in [2.75, 3.05) is 24.7 Å². The van der Waals surface area contributed by atoms with Gasteiger partial charge in [0.2, 0.25) is 0 Å². The molecule has 2 N–H and O–H groups in total. The van der Waals surface area contributed by atoms with Crippen LogP contribution >= 0.6 is 11.6 Å². The lowest BCUT2D eigenvalue weighted by Crippen LogP contribution is -2.27. The normalized spacial score (nSPS) is 10.3. The van der Waals surface area contributed by atoms with E-state index in [1.54, 1.807) is 43.0 Å². The standard InChI is InChI=1S/C15H18ClN5O2/c1-4-21-13(14(22)20(2)3)12(9-17-21)19-15(23)18-11-7-5-10(16)6-8-11/h5-9H,4H2,1-3H3,(H2,18,19,23). The number of halogens is 1. The van der Waals surface area contributed by atoms with Crippen LogP contribution in [0.15, 0.2) is 30.5 Å². The molecule has 0 saturated carbocycles. The number of urea groups is 1. The van der Waals surface area contributed by atoms with E-state index in [1.165, 1.54) is 11.1 Å². The number of hydrogen-bond acceptors (Lipinski definition) is 3. The molecule has 2 rings (SSSR count). The van der Waals surface area contributed by atoms with Crippen LogP contribution < -0.4 is 10.6 Å². The van der Waals surface area contributed by atoms with Crippen LogP contribution in [0.5, 0.6) is 0 Å². The topological polar surface area (TPSA) is 79.3 Å². The second-order valence-corrected chi connectivity index (χ2v) is 5.44. The zero-order valence-corrected chi connectivity index (χ0v) is 13.9. The molecule has 0 bridgehead atoms. The molecule has 0 fully saturated rings. The van der Waals surface area contributed by atoms with Crippen molar-refractivity contribution in [1.82, 2.24) is 14.7 Å². The van der Waals surface area contributed by atoms with Crippen LogP contribution in [0.2, 0.25) is 5.02 Å². The van der Waals surface area contributed by atoms with Gasteiger partial charge in [-0.15, -0.1) is 0 Å². The molecule has 0 atom stereocenters. The molecule has 0 aliphatic carbocycles. The molecule has 122 valence electrons. The number of aryl methyl sites for hydroxylation is 1. The van der Waals surface area contributed by atoms with Crippen molar-refractivity contribution in [1.29, 1.82) is 0 Å². The molecule has 8 heteroatoms. The van der Waals surface area contributed by atoms with Crippen LogP contribution in [0.25, 0.3) is 0 Å². The van der Waals surface area contributed by atoms with Gasteiger partial charge in [0, 0.05) is 31.4 Å². The highest BCUT2D eigenvalue weighted by Gasteiger charge is 2.21. The fourth-order valence-electron chi connectivity index (χ4n) is 1.97. The molecular weight excluding hydrogens is 318 g/mol. The van der Waals surface area contributed by atoms with E-state index >= 15 is 0 Å². The molecule has 0 spiro atoms. The zero-order valence-electron chi connectivity index (χ0n) is 13.1. The number of benzene rings is 1. The summed E-state index contributed by atoms with van der Waals surface area (Å²) >= 11 is 5.80. The highest BCUT2D eigenvalue weighted by molar-refractivity contribution is 6.30. The third-order valence-corrected chi connectivity index (χ3v) is 3.35. The molecule has 23 heavy (non-hydrogen) atoms. The maximum absolute atomic E-state index is 12.3. The average molecular weight is 336 g/mol. The highest BCUT2D eigenvalue weighted by atomic mass is 35.5. The number of aromatic nitrogens is 2. The van der Waals surface area contributed by atoms with Crippen molar-refractivity contribution in [2.45, 2.75) is 13.5 Å². The van der Waals surface area contributed by atoms with Gasteiger partial charge in [-0.1, -0.05) is 11.6 Å². The van der Waals surface area contributed by atoms with Crippen LogP contribution in [0.1, 0.15) is 17.4 Å². The van der Waals surface area contributed by atoms with E-state index in [0.717, 1.165) is 0 Å². The number of amides is 3. The number of rotatable bonds is 4. The minimum atomic E-state index is -0.462. The first-order valence-corrected chi connectivity index (χ1v) is 7.41. The molecule has 0 aliphatic rings. The van der Waals surface area contributed by atoms with Gasteiger partial charge >= 0.3 is 6.03 Å². The molecule has 0 aliphatic heterocycles. The van der Waals surface area contributed by atoms with E-state index in [2.05, 4.69) is 15.7 Å². The second-order valence-electron chi connectivity index (χ2n) is 5.01. The minimum absolute atomic E-state index is 0.230. The number of carbonyl (C=O) groups is 2. The maximum atomic E-state index is 12.3. The van der Waals surface area contributed by atoms with Crippen LogP contribution in [-0.2, 0) is 6.54 Å². The smallest absolute Gasteiger partial charge is 0.323 e. The van der Waals surface area contributed by atoms with Crippen molar-refractivity contribution in [3.63, 3.8) is 0 Å². The number of nitrogens with one attached hydrogen (secondary N) is 2. The van der Waals surface area contributed by atoms with Crippen molar-refractivity contribution in [3.05, 3.63) is 41.2 Å². The summed E-state index contributed by atoms with van der Waals surface area (Å²) in [7, 11) is 3.29. The average Bonchev–Trinajstić information content (AvgIpc) is 2.91. The lowest BCUT2D eigenvalue weighted by atomic mass is 10.3. The van der Waals surface area contributed by atoms with Crippen LogP contribution in [0.3, 0.4) is 0 Å². The van der Waals surface area contributed by atoms with Gasteiger partial charge in [0.1, 0.15) is 5.69 Å². The number of nitrogens with zero attached hydrogens (tertiary/aromatic N) is 3. The molecule has 1 heterocycles. The van der Waals surface area contributed by atoms with Gasteiger partial charge in [-0.3, -0.25) is 9.48 Å². The molecule has 0 radical (unpaired) electrons. The Bertz CT molecular complexity index is 709. The van der Waals surface area contributed by atoms with E-state index < -0.39 is 6.03 Å². The van der Waals surface area contributed by atoms with E-state index in [9.17, 15) is 9.59 Å². The van der Waals surface area contributed by atoms with Gasteiger partial charge in [0.05, 0.1) is 11.9 Å². The zero-order chi connectivity index (χ0) is 17.0. The summed E-state index contributed by atoms with van der Waals surface area (Å²) in [6.45, 7) is 2.40. The number of hydrogen-bond donors (Lipinski definition) is 2. The van der Waals surface area contributed by atoms with Gasteiger partial charge in [0.15, 0.2) is 0 Å². The van der Waals surface area contributed by atoms with Gasteiger partial charge in [-0.25, -0.2) is 4.79 Å². The number of anilines is 2. The Morgan fingerprint density at radius 3 is 2.43 bits per heavy atom. The van der Waals surface area contributed by atoms with Crippen LogP contribution in [-0.4, -0.2) is 40.7 Å². The molecular formula is C15H18ClN5O2. The predicted molar refractivity (Wildman–Crippen MR) is 90.0 cm³/mol. The summed E-state index contributed by atoms with van der Waals surface area (Å²) in [6, 6.07) is 6.25. The Morgan fingerprint density at radius 1 is 1.22 bits per heavy atom. The van der Waals surface area contributed by atoms with Crippen LogP contribution in [0, 0.1) is 0 Å². The summed E-state index contributed by atoms with van der Waals surface area (Å²) in [5.41, 5.74) is 1.29. The van der Waals surface area contributed by atoms with Crippen molar-refractivity contribution < 1.29 is 9.59 Å². The Labute approximate surface area is 139 Å². The summed E-state index contributed by atoms with van der Waals surface area (Å²) in [5.74, 6) is -0.230. The molecule has 2 aromatic rings. The third-order valence-electron chi connectivity index (χ3n) is 3.10. The number of carbonyl (C=O) groups excluding carboxylic acids is 2. The first-order chi connectivity index (χ1) is 10.9. The molecule has 1 aromatic heterocycles. The third kappa shape index (κ3) is 4.01. The minimum Gasteiger partial charge on any atom is -0.343 e. The van der Waals surface area contributed by atoms with Crippen molar-refractivity contribution in [3.8, 4) is 0 Å². The Kier molecular flexibility index (Phi) is 5.23. The molecule has 3 amide bonds. The Morgan fingerprint density at radius 2 is 1.87 bits per heavy atom. The summed E-state index contributed by atoms with van der Waals surface area (Å²) in [5, 5.41) is 10.0. The lowest BCUT2D eigenvalue weighted by molar-refractivity contribution is 0.0816. The van der Waals surface area contributed by atoms with Crippen molar-refractivity contribution in [2.24, 2.45) is 0 Å². The van der Waals surface area contributed by atoms with E-state index in [0.29, 0.717) is 28.6 Å². The SMILES string of the molecule is CCn1ncc(NC(=O)Nc2ccc(Cl)cc2)c1C(=O)N(C)C. The van der Waals surface area contributed by atoms with Crippen LogP contribution in [0.4, 0.5) is 16.2 Å². The monoisotopic (exact) mass is 335 g/mol. The first kappa shape index (κ1) is 16.8. The van der Waals surface area contributed by atoms with E-state index in [1.807, 2.05) is 6.92 Å². The largest absolute Gasteiger partial charge is 0.343 e. The summed E-state index contributed by atoms with van der Waals surface area (Å²) in [4.78, 5) is 25.8.